The van der Waals surface area contributed by atoms with Crippen molar-refractivity contribution in [1.82, 2.24) is 9.88 Å². The molecule has 0 radical (unpaired) electrons. The maximum absolute atomic E-state index is 11.9. The van der Waals surface area contributed by atoms with Gasteiger partial charge in [-0.2, -0.15) is 0 Å². The first-order chi connectivity index (χ1) is 13.0. The van der Waals surface area contributed by atoms with Crippen molar-refractivity contribution in [1.29, 1.82) is 0 Å². The van der Waals surface area contributed by atoms with E-state index in [-0.39, 0.29) is 17.5 Å². The van der Waals surface area contributed by atoms with Gasteiger partial charge in [-0.05, 0) is 42.8 Å². The average Bonchev–Trinajstić information content (AvgIpc) is 3.36. The predicted octanol–water partition coefficient (Wildman–Crippen LogP) is 3.78. The van der Waals surface area contributed by atoms with Gasteiger partial charge in [-0.3, -0.25) is 4.90 Å². The van der Waals surface area contributed by atoms with E-state index in [1.165, 1.54) is 0 Å². The Bertz CT molecular complexity index is 997. The Balaban J connectivity index is 1.53. The summed E-state index contributed by atoms with van der Waals surface area (Å²) in [6.45, 7) is 0.917. The van der Waals surface area contributed by atoms with Gasteiger partial charge in [-0.25, -0.2) is 13.4 Å². The van der Waals surface area contributed by atoms with Crippen molar-refractivity contribution in [2.24, 2.45) is 0 Å². The van der Waals surface area contributed by atoms with Crippen LogP contribution >= 0.6 is 11.6 Å². The van der Waals surface area contributed by atoms with E-state index < -0.39 is 9.84 Å². The molecule has 142 valence electrons. The number of benzene rings is 1. The van der Waals surface area contributed by atoms with Gasteiger partial charge in [-0.1, -0.05) is 11.6 Å². The second-order valence-corrected chi connectivity index (χ2v) is 9.33. The van der Waals surface area contributed by atoms with Crippen LogP contribution in [0.5, 0.6) is 0 Å². The Labute approximate surface area is 162 Å². The molecule has 0 saturated carbocycles. The van der Waals surface area contributed by atoms with E-state index in [0.717, 1.165) is 11.3 Å². The molecule has 0 N–H and O–H groups in total. The highest BCUT2D eigenvalue weighted by atomic mass is 35.5. The normalized spacial score (nSPS) is 19.0. The molecule has 6 nitrogen and oxygen atoms in total. The highest BCUT2D eigenvalue weighted by molar-refractivity contribution is 7.91. The molecule has 0 bridgehead atoms. The van der Waals surface area contributed by atoms with Crippen LogP contribution in [0.2, 0.25) is 5.02 Å². The van der Waals surface area contributed by atoms with E-state index in [1.54, 1.807) is 24.6 Å². The van der Waals surface area contributed by atoms with E-state index >= 15 is 0 Å². The zero-order valence-corrected chi connectivity index (χ0v) is 16.1. The van der Waals surface area contributed by atoms with Gasteiger partial charge in [0.15, 0.2) is 15.6 Å². The first-order valence-electron chi connectivity index (χ1n) is 8.66. The Kier molecular flexibility index (Phi) is 5.08. The molecule has 1 aromatic carbocycles. The van der Waals surface area contributed by atoms with Crippen molar-refractivity contribution in [2.45, 2.75) is 25.6 Å². The van der Waals surface area contributed by atoms with E-state index in [1.807, 2.05) is 24.3 Å². The summed E-state index contributed by atoms with van der Waals surface area (Å²) in [6, 6.07) is 11.0. The SMILES string of the molecule is O=S1(=O)CCC(N(Cc2ccco2)Cc2ncc(-c3ccc(Cl)cc3)o2)C1. The molecule has 8 heteroatoms. The van der Waals surface area contributed by atoms with Gasteiger partial charge >= 0.3 is 0 Å². The van der Waals surface area contributed by atoms with Crippen molar-refractivity contribution in [3.63, 3.8) is 0 Å². The minimum atomic E-state index is -2.99. The number of rotatable bonds is 6. The lowest BCUT2D eigenvalue weighted by Crippen LogP contribution is -2.35. The summed E-state index contributed by atoms with van der Waals surface area (Å²) in [6.07, 6.45) is 3.89. The smallest absolute Gasteiger partial charge is 0.209 e. The van der Waals surface area contributed by atoms with E-state index in [9.17, 15) is 8.42 Å². The summed E-state index contributed by atoms with van der Waals surface area (Å²) in [5.74, 6) is 2.34. The van der Waals surface area contributed by atoms with Crippen LogP contribution in [0.25, 0.3) is 11.3 Å². The van der Waals surface area contributed by atoms with Gasteiger partial charge in [0.05, 0.1) is 37.1 Å². The van der Waals surface area contributed by atoms with Crippen LogP contribution in [0.3, 0.4) is 0 Å². The highest BCUT2D eigenvalue weighted by Gasteiger charge is 2.33. The second-order valence-electron chi connectivity index (χ2n) is 6.67. The molecular formula is C19H19ClN2O4S. The molecule has 1 fully saturated rings. The predicted molar refractivity (Wildman–Crippen MR) is 102 cm³/mol. The molecule has 1 saturated heterocycles. The molecule has 1 aliphatic rings. The Morgan fingerprint density at radius 2 is 2.00 bits per heavy atom. The third kappa shape index (κ3) is 4.43. The molecule has 1 unspecified atom stereocenters. The quantitative estimate of drug-likeness (QED) is 0.620. The molecule has 4 rings (SSSR count). The first-order valence-corrected chi connectivity index (χ1v) is 10.9. The fourth-order valence-electron chi connectivity index (χ4n) is 3.28. The van der Waals surface area contributed by atoms with Crippen molar-refractivity contribution >= 4 is 21.4 Å². The zero-order valence-electron chi connectivity index (χ0n) is 14.5. The fourth-order valence-corrected chi connectivity index (χ4v) is 5.17. The van der Waals surface area contributed by atoms with Crippen molar-refractivity contribution < 1.29 is 17.3 Å². The van der Waals surface area contributed by atoms with Crippen LogP contribution in [0, 0.1) is 0 Å². The standard InChI is InChI=1S/C19H19ClN2O4S/c20-15-5-3-14(4-6-15)18-10-21-19(26-18)12-22(11-17-2-1-8-25-17)16-7-9-27(23,24)13-16/h1-6,8,10,16H,7,9,11-13H2. The van der Waals surface area contributed by atoms with Crippen LogP contribution in [-0.4, -0.2) is 35.8 Å². The summed E-state index contributed by atoms with van der Waals surface area (Å²) in [5.41, 5.74) is 0.888. The van der Waals surface area contributed by atoms with Crippen molar-refractivity contribution in [3.8, 4) is 11.3 Å². The zero-order chi connectivity index (χ0) is 18.9. The number of sulfone groups is 1. The average molecular weight is 407 g/mol. The van der Waals surface area contributed by atoms with Gasteiger partial charge < -0.3 is 8.83 Å². The lowest BCUT2D eigenvalue weighted by molar-refractivity contribution is 0.163. The second kappa shape index (κ2) is 7.50. The van der Waals surface area contributed by atoms with Crippen LogP contribution in [0.15, 0.2) is 57.7 Å². The van der Waals surface area contributed by atoms with Gasteiger partial charge in [0.2, 0.25) is 5.89 Å². The van der Waals surface area contributed by atoms with E-state index in [0.29, 0.717) is 36.2 Å². The van der Waals surface area contributed by atoms with Gasteiger partial charge in [0.1, 0.15) is 5.76 Å². The molecule has 0 aliphatic carbocycles. The topological polar surface area (TPSA) is 76.6 Å². The van der Waals surface area contributed by atoms with E-state index in [4.69, 9.17) is 20.4 Å². The molecule has 3 aromatic rings. The van der Waals surface area contributed by atoms with E-state index in [2.05, 4.69) is 9.88 Å². The van der Waals surface area contributed by atoms with Crippen LogP contribution in [0.1, 0.15) is 18.1 Å². The minimum Gasteiger partial charge on any atom is -0.468 e. The lowest BCUT2D eigenvalue weighted by atomic mass is 10.2. The number of halogens is 1. The van der Waals surface area contributed by atoms with Crippen molar-refractivity contribution in [2.75, 3.05) is 11.5 Å². The van der Waals surface area contributed by atoms with Gasteiger partial charge in [0, 0.05) is 16.6 Å². The van der Waals surface area contributed by atoms with Gasteiger partial charge in [-0.15, -0.1) is 0 Å². The number of aromatic nitrogens is 1. The molecular weight excluding hydrogens is 388 g/mol. The molecule has 2 aromatic heterocycles. The molecule has 1 aliphatic heterocycles. The first kappa shape index (κ1) is 18.3. The number of hydrogen-bond acceptors (Lipinski definition) is 6. The fraction of sp³-hybridized carbons (Fsp3) is 0.316. The number of furan rings is 1. The maximum atomic E-state index is 11.9. The van der Waals surface area contributed by atoms with Crippen LogP contribution in [0.4, 0.5) is 0 Å². The van der Waals surface area contributed by atoms with Crippen molar-refractivity contribution in [3.05, 3.63) is 65.5 Å². The van der Waals surface area contributed by atoms with Crippen LogP contribution < -0.4 is 0 Å². The van der Waals surface area contributed by atoms with Gasteiger partial charge in [0.25, 0.3) is 0 Å². The molecule has 0 amide bonds. The largest absolute Gasteiger partial charge is 0.468 e. The van der Waals surface area contributed by atoms with Crippen LogP contribution in [-0.2, 0) is 22.9 Å². The monoisotopic (exact) mass is 406 g/mol. The summed E-state index contributed by atoms with van der Waals surface area (Å²) >= 11 is 5.93. The highest BCUT2D eigenvalue weighted by Crippen LogP contribution is 2.25. The number of oxazole rings is 1. The third-order valence-electron chi connectivity index (χ3n) is 4.68. The Hall–Kier alpha value is -2.09. The third-order valence-corrected chi connectivity index (χ3v) is 6.69. The number of nitrogens with zero attached hydrogens (tertiary/aromatic N) is 2. The Morgan fingerprint density at radius 1 is 1.19 bits per heavy atom. The summed E-state index contributed by atoms with van der Waals surface area (Å²) in [5, 5.41) is 0.658. The Morgan fingerprint density at radius 3 is 2.67 bits per heavy atom. The molecule has 3 heterocycles. The molecule has 1 atom stereocenters. The summed E-state index contributed by atoms with van der Waals surface area (Å²) in [4.78, 5) is 6.43. The lowest BCUT2D eigenvalue weighted by Gasteiger charge is -2.25. The molecule has 27 heavy (non-hydrogen) atoms. The summed E-state index contributed by atoms with van der Waals surface area (Å²) in [7, 11) is -2.99. The molecule has 0 spiro atoms. The maximum Gasteiger partial charge on any atom is 0.209 e. The minimum absolute atomic E-state index is 0.0778. The summed E-state index contributed by atoms with van der Waals surface area (Å²) < 4.78 is 35.2. The number of hydrogen-bond donors (Lipinski definition) is 0.